The molecule has 0 aliphatic heterocycles. The maximum Gasteiger partial charge on any atom is 0.257 e. The Bertz CT molecular complexity index is 1040. The lowest BCUT2D eigenvalue weighted by atomic mass is 10.2. The summed E-state index contributed by atoms with van der Waals surface area (Å²) < 4.78 is 6.20. The molecule has 0 atom stereocenters. The minimum atomic E-state index is -0.403. The summed E-state index contributed by atoms with van der Waals surface area (Å²) in [5.41, 5.74) is 0.927. The lowest BCUT2D eigenvalue weighted by Crippen LogP contribution is -2.34. The number of amides is 1. The molecular weight excluding hydrogens is 449 g/mol. The van der Waals surface area contributed by atoms with Gasteiger partial charge in [-0.1, -0.05) is 46.1 Å². The van der Waals surface area contributed by atoms with E-state index in [0.717, 1.165) is 4.70 Å². The highest BCUT2D eigenvalue weighted by atomic mass is 35.5. The minimum absolute atomic E-state index is 0.103. The lowest BCUT2D eigenvalue weighted by molar-refractivity contribution is 0.0977. The number of benzene rings is 2. The number of nitrogens with zero attached hydrogens (tertiary/aromatic N) is 1. The number of thiocarbonyl (C=S) groups is 1. The molecule has 10 heteroatoms. The van der Waals surface area contributed by atoms with Crippen LogP contribution >= 0.6 is 58.4 Å². The summed E-state index contributed by atoms with van der Waals surface area (Å²) in [4.78, 5) is 16.7. The van der Waals surface area contributed by atoms with Crippen LogP contribution in [0.2, 0.25) is 15.1 Å². The first-order valence-corrected chi connectivity index (χ1v) is 10.0. The van der Waals surface area contributed by atoms with Crippen molar-refractivity contribution < 1.29 is 9.53 Å². The van der Waals surface area contributed by atoms with Gasteiger partial charge in [0, 0.05) is 5.56 Å². The Morgan fingerprint density at radius 2 is 2.00 bits per heavy atom. The van der Waals surface area contributed by atoms with Gasteiger partial charge in [0.2, 0.25) is 0 Å². The fraction of sp³-hybridized carbons (Fsp3) is 0.118. The summed E-state index contributed by atoms with van der Waals surface area (Å²) in [7, 11) is 0. The molecule has 0 unspecified atom stereocenters. The zero-order valence-electron chi connectivity index (χ0n) is 13.8. The number of hydrogen-bond acceptors (Lipinski definition) is 5. The molecule has 3 rings (SSSR count). The number of aromatic nitrogens is 1. The summed E-state index contributed by atoms with van der Waals surface area (Å²) in [6.45, 7) is 2.33. The number of anilines is 1. The van der Waals surface area contributed by atoms with Gasteiger partial charge in [-0.3, -0.25) is 10.1 Å². The number of rotatable bonds is 4. The van der Waals surface area contributed by atoms with Gasteiger partial charge >= 0.3 is 0 Å². The van der Waals surface area contributed by atoms with Crippen molar-refractivity contribution in [3.05, 3.63) is 51.0 Å². The van der Waals surface area contributed by atoms with E-state index in [1.807, 2.05) is 13.0 Å². The second-order valence-corrected chi connectivity index (χ2v) is 7.84. The van der Waals surface area contributed by atoms with E-state index < -0.39 is 5.91 Å². The largest absolute Gasteiger partial charge is 0.492 e. The van der Waals surface area contributed by atoms with Crippen molar-refractivity contribution in [2.75, 3.05) is 11.9 Å². The molecule has 0 aliphatic rings. The van der Waals surface area contributed by atoms with E-state index in [-0.39, 0.29) is 5.11 Å². The van der Waals surface area contributed by atoms with Crippen molar-refractivity contribution in [2.24, 2.45) is 0 Å². The molecule has 1 aromatic heterocycles. The first-order chi connectivity index (χ1) is 12.9. The zero-order valence-corrected chi connectivity index (χ0v) is 17.7. The van der Waals surface area contributed by atoms with E-state index in [1.165, 1.54) is 17.4 Å². The fourth-order valence-electron chi connectivity index (χ4n) is 2.21. The number of nitrogens with one attached hydrogen (secondary N) is 2. The summed E-state index contributed by atoms with van der Waals surface area (Å²) >= 11 is 24.8. The second-order valence-electron chi connectivity index (χ2n) is 5.21. The number of carbonyl (C=O) groups is 1. The number of fused-ring (bicyclic) bond motifs is 1. The van der Waals surface area contributed by atoms with E-state index >= 15 is 0 Å². The van der Waals surface area contributed by atoms with Crippen LogP contribution in [0.5, 0.6) is 5.75 Å². The molecule has 0 radical (unpaired) electrons. The third kappa shape index (κ3) is 4.62. The van der Waals surface area contributed by atoms with Gasteiger partial charge in [0.25, 0.3) is 5.91 Å². The Kier molecular flexibility index (Phi) is 6.39. The molecular formula is C17H12Cl3N3O2S2. The molecule has 0 aliphatic carbocycles. The van der Waals surface area contributed by atoms with Gasteiger partial charge in [-0.05, 0) is 49.5 Å². The highest BCUT2D eigenvalue weighted by Crippen LogP contribution is 2.35. The number of thiazole rings is 1. The van der Waals surface area contributed by atoms with Crippen LogP contribution in [0.15, 0.2) is 30.3 Å². The van der Waals surface area contributed by atoms with Crippen LogP contribution in [0.25, 0.3) is 10.2 Å². The standard InChI is InChI=1S/C17H12Cl3N3O2S2/c1-2-25-11-5-3-8(7-10(11)19)15(24)22-16(26)23-17-21-14-12(27-17)6-4-9(18)13(14)20/h3-7H,2H2,1H3,(H2,21,22,23,24,26). The van der Waals surface area contributed by atoms with Crippen molar-refractivity contribution >= 4 is 84.7 Å². The quantitative estimate of drug-likeness (QED) is 0.483. The summed E-state index contributed by atoms with van der Waals surface area (Å²) in [5, 5.41) is 7.19. The van der Waals surface area contributed by atoms with Gasteiger partial charge in [0.1, 0.15) is 11.3 Å². The molecule has 140 valence electrons. The molecule has 27 heavy (non-hydrogen) atoms. The Labute approximate surface area is 179 Å². The maximum atomic E-state index is 12.3. The van der Waals surface area contributed by atoms with Gasteiger partial charge in [-0.15, -0.1) is 0 Å². The van der Waals surface area contributed by atoms with E-state index in [2.05, 4.69) is 15.6 Å². The third-order valence-corrected chi connectivity index (χ3v) is 5.62. The highest BCUT2D eigenvalue weighted by Gasteiger charge is 2.14. The SMILES string of the molecule is CCOc1ccc(C(=O)NC(=S)Nc2nc3c(Cl)c(Cl)ccc3s2)cc1Cl. The molecule has 5 nitrogen and oxygen atoms in total. The van der Waals surface area contributed by atoms with Gasteiger partial charge in [0.15, 0.2) is 10.2 Å². The smallest absolute Gasteiger partial charge is 0.257 e. The Hall–Kier alpha value is -1.64. The molecule has 2 aromatic carbocycles. The molecule has 0 spiro atoms. The average molecular weight is 461 g/mol. The van der Waals surface area contributed by atoms with Crippen LogP contribution in [0, 0.1) is 0 Å². The summed E-state index contributed by atoms with van der Waals surface area (Å²) in [6, 6.07) is 8.27. The maximum absolute atomic E-state index is 12.3. The van der Waals surface area contributed by atoms with Gasteiger partial charge in [0.05, 0.1) is 26.4 Å². The van der Waals surface area contributed by atoms with Crippen LogP contribution in [0.4, 0.5) is 5.13 Å². The number of halogens is 3. The van der Waals surface area contributed by atoms with Crippen molar-refractivity contribution in [1.82, 2.24) is 10.3 Å². The van der Waals surface area contributed by atoms with Gasteiger partial charge < -0.3 is 10.1 Å². The second kappa shape index (κ2) is 8.58. The number of carbonyl (C=O) groups excluding carboxylic acids is 1. The van der Waals surface area contributed by atoms with E-state index in [9.17, 15) is 4.79 Å². The van der Waals surface area contributed by atoms with Crippen LogP contribution in [0.1, 0.15) is 17.3 Å². The highest BCUT2D eigenvalue weighted by molar-refractivity contribution is 7.80. The average Bonchev–Trinajstić information content (AvgIpc) is 3.03. The van der Waals surface area contributed by atoms with Crippen LogP contribution in [0.3, 0.4) is 0 Å². The number of ether oxygens (including phenoxy) is 1. The predicted molar refractivity (Wildman–Crippen MR) is 116 cm³/mol. The predicted octanol–water partition coefficient (Wildman–Crippen LogP) is 5.78. The topological polar surface area (TPSA) is 63.2 Å². The lowest BCUT2D eigenvalue weighted by Gasteiger charge is -2.09. The van der Waals surface area contributed by atoms with Crippen LogP contribution < -0.4 is 15.4 Å². The molecule has 1 amide bonds. The van der Waals surface area contributed by atoms with Crippen molar-refractivity contribution in [3.8, 4) is 5.75 Å². The Morgan fingerprint density at radius 3 is 2.70 bits per heavy atom. The van der Waals surface area contributed by atoms with Gasteiger partial charge in [-0.2, -0.15) is 0 Å². The third-order valence-electron chi connectivity index (χ3n) is 3.39. The molecule has 0 fully saturated rings. The first-order valence-electron chi connectivity index (χ1n) is 7.68. The van der Waals surface area contributed by atoms with Crippen LogP contribution in [-0.2, 0) is 0 Å². The molecule has 0 saturated heterocycles. The fourth-order valence-corrected chi connectivity index (χ4v) is 3.99. The summed E-state index contributed by atoms with van der Waals surface area (Å²) in [5.74, 6) is 0.112. The molecule has 3 aromatic rings. The summed E-state index contributed by atoms with van der Waals surface area (Å²) in [6.07, 6.45) is 0. The van der Waals surface area contributed by atoms with Gasteiger partial charge in [-0.25, -0.2) is 4.98 Å². The molecule has 2 N–H and O–H groups in total. The van der Waals surface area contributed by atoms with Crippen LogP contribution in [-0.4, -0.2) is 22.6 Å². The van der Waals surface area contributed by atoms with Crippen molar-refractivity contribution in [2.45, 2.75) is 6.92 Å². The molecule has 0 bridgehead atoms. The van der Waals surface area contributed by atoms with E-state index in [1.54, 1.807) is 18.2 Å². The van der Waals surface area contributed by atoms with Crippen molar-refractivity contribution in [3.63, 3.8) is 0 Å². The Morgan fingerprint density at radius 1 is 1.22 bits per heavy atom. The zero-order chi connectivity index (χ0) is 19.6. The molecule has 1 heterocycles. The minimum Gasteiger partial charge on any atom is -0.492 e. The van der Waals surface area contributed by atoms with Crippen molar-refractivity contribution in [1.29, 1.82) is 0 Å². The first kappa shape index (κ1) is 20.1. The Balaban J connectivity index is 1.69. The monoisotopic (exact) mass is 459 g/mol. The van der Waals surface area contributed by atoms with E-state index in [4.69, 9.17) is 51.8 Å². The molecule has 0 saturated carbocycles. The normalized spacial score (nSPS) is 10.7. The number of hydrogen-bond donors (Lipinski definition) is 2. The van der Waals surface area contributed by atoms with E-state index in [0.29, 0.717) is 43.6 Å².